The third-order valence-electron chi connectivity index (χ3n) is 8.28. The van der Waals surface area contributed by atoms with Crippen molar-refractivity contribution in [3.8, 4) is 17.0 Å². The monoisotopic (exact) mass is 607 g/mol. The van der Waals surface area contributed by atoms with Crippen LogP contribution in [-0.4, -0.2) is 47.4 Å². The normalized spacial score (nSPS) is 11.9. The number of aromatic nitrogens is 2. The second-order valence-corrected chi connectivity index (χ2v) is 11.4. The van der Waals surface area contributed by atoms with E-state index in [-0.39, 0.29) is 24.1 Å². The highest BCUT2D eigenvalue weighted by molar-refractivity contribution is 5.94. The Hall–Kier alpha value is -5.05. The van der Waals surface area contributed by atoms with Crippen molar-refractivity contribution in [1.82, 2.24) is 20.6 Å². The van der Waals surface area contributed by atoms with Gasteiger partial charge in [-0.15, -0.1) is 0 Å². The first-order chi connectivity index (χ1) is 21.8. The van der Waals surface area contributed by atoms with Crippen LogP contribution in [0, 0.1) is 6.92 Å². The van der Waals surface area contributed by atoms with E-state index in [0.29, 0.717) is 44.4 Å². The summed E-state index contributed by atoms with van der Waals surface area (Å²) in [5.41, 5.74) is 12.3. The van der Waals surface area contributed by atoms with Crippen LogP contribution >= 0.6 is 0 Å². The average Bonchev–Trinajstić information content (AvgIpc) is 3.56. The predicted octanol–water partition coefficient (Wildman–Crippen LogP) is 5.46. The zero-order valence-electron chi connectivity index (χ0n) is 25.9. The summed E-state index contributed by atoms with van der Waals surface area (Å²) < 4.78 is 5.39. The Balaban J connectivity index is 1.28. The molecule has 0 saturated carbocycles. The van der Waals surface area contributed by atoms with Gasteiger partial charge in [-0.05, 0) is 67.1 Å². The number of aryl methyl sites for hydroxylation is 1. The van der Waals surface area contributed by atoms with Gasteiger partial charge in [0.2, 0.25) is 17.7 Å². The molecule has 1 atom stereocenters. The topological polar surface area (TPSA) is 142 Å². The lowest BCUT2D eigenvalue weighted by atomic mass is 10.0. The molecule has 0 fully saturated rings. The van der Waals surface area contributed by atoms with Gasteiger partial charge in [0.25, 0.3) is 0 Å². The van der Waals surface area contributed by atoms with Gasteiger partial charge >= 0.3 is 0 Å². The summed E-state index contributed by atoms with van der Waals surface area (Å²) in [7, 11) is 1.61. The van der Waals surface area contributed by atoms with Gasteiger partial charge in [-0.3, -0.25) is 14.4 Å². The molecule has 234 valence electrons. The molecule has 45 heavy (non-hydrogen) atoms. The van der Waals surface area contributed by atoms with E-state index in [1.807, 2.05) is 55.5 Å². The molecule has 0 saturated heterocycles. The molecular weight excluding hydrogens is 566 g/mol. The van der Waals surface area contributed by atoms with E-state index in [4.69, 9.17) is 10.5 Å². The van der Waals surface area contributed by atoms with E-state index in [1.165, 1.54) is 0 Å². The minimum Gasteiger partial charge on any atom is -0.497 e. The van der Waals surface area contributed by atoms with Gasteiger partial charge in [0.1, 0.15) is 11.8 Å². The number of methoxy groups -OCH3 is 1. The Morgan fingerprint density at radius 3 is 2.40 bits per heavy atom. The number of carbonyl (C=O) groups excluding carboxylic acids is 3. The number of unbranched alkanes of at least 4 members (excludes halogenated alkanes) is 2. The number of carbonyl (C=O) groups is 3. The minimum atomic E-state index is -0.706. The Labute approximate surface area is 262 Å². The maximum atomic E-state index is 13.5. The molecule has 3 aromatic carbocycles. The summed E-state index contributed by atoms with van der Waals surface area (Å²) in [6.45, 7) is 2.35. The van der Waals surface area contributed by atoms with E-state index >= 15 is 0 Å². The van der Waals surface area contributed by atoms with E-state index < -0.39 is 6.04 Å². The molecular formula is C36H41N5O4. The molecule has 0 unspecified atom stereocenters. The second-order valence-electron chi connectivity index (χ2n) is 11.4. The molecule has 9 heteroatoms. The number of ether oxygens (including phenoxy) is 1. The van der Waals surface area contributed by atoms with Crippen LogP contribution in [0.3, 0.4) is 0 Å². The number of benzene rings is 3. The first-order valence-corrected chi connectivity index (χ1v) is 15.5. The summed E-state index contributed by atoms with van der Waals surface area (Å²) in [6, 6.07) is 23.3. The fourth-order valence-corrected chi connectivity index (χ4v) is 5.96. The van der Waals surface area contributed by atoms with Crippen LogP contribution in [0.15, 0.2) is 72.8 Å². The van der Waals surface area contributed by atoms with Crippen LogP contribution in [0.5, 0.6) is 5.75 Å². The number of para-hydroxylation sites is 1. The molecule has 2 aromatic heterocycles. The van der Waals surface area contributed by atoms with Gasteiger partial charge in [0.05, 0.1) is 13.5 Å². The Morgan fingerprint density at radius 2 is 1.62 bits per heavy atom. The first-order valence-electron chi connectivity index (χ1n) is 15.5. The highest BCUT2D eigenvalue weighted by Gasteiger charge is 2.22. The summed E-state index contributed by atoms with van der Waals surface area (Å²) in [4.78, 5) is 44.9. The van der Waals surface area contributed by atoms with Gasteiger partial charge in [-0.25, -0.2) is 0 Å². The van der Waals surface area contributed by atoms with Crippen molar-refractivity contribution >= 4 is 39.5 Å². The molecule has 5 aromatic rings. The van der Waals surface area contributed by atoms with Gasteiger partial charge in [-0.1, -0.05) is 61.4 Å². The highest BCUT2D eigenvalue weighted by atomic mass is 16.5. The summed E-state index contributed by atoms with van der Waals surface area (Å²) in [5.74, 6) is -0.0868. The number of nitrogens with one attached hydrogen (secondary N) is 4. The van der Waals surface area contributed by atoms with Crippen molar-refractivity contribution in [2.75, 3.05) is 13.7 Å². The quantitative estimate of drug-likeness (QED) is 0.101. The number of primary amides is 1. The van der Waals surface area contributed by atoms with E-state index in [2.05, 4.69) is 44.9 Å². The Morgan fingerprint density at radius 1 is 0.867 bits per heavy atom. The molecule has 2 heterocycles. The van der Waals surface area contributed by atoms with Crippen molar-refractivity contribution in [1.29, 1.82) is 0 Å². The number of aromatic amines is 2. The molecule has 0 aliphatic carbocycles. The maximum Gasteiger partial charge on any atom is 0.242 e. The van der Waals surface area contributed by atoms with E-state index in [1.54, 1.807) is 7.11 Å². The molecule has 3 amide bonds. The van der Waals surface area contributed by atoms with Crippen LogP contribution in [0.4, 0.5) is 0 Å². The van der Waals surface area contributed by atoms with Gasteiger partial charge < -0.3 is 31.1 Å². The summed E-state index contributed by atoms with van der Waals surface area (Å²) in [6.07, 6.45) is 3.57. The molecule has 0 spiro atoms. The SMILES string of the molecule is COc1ccc2[nH]c(C)c(CC(=O)N[C@@H](CCCCCC(N)=O)C(=O)NCCc3c(-c4ccccc4)[nH]c4ccccc34)c2c1. The van der Waals surface area contributed by atoms with Crippen molar-refractivity contribution in [2.24, 2.45) is 5.73 Å². The molecule has 9 nitrogen and oxygen atoms in total. The number of rotatable bonds is 15. The van der Waals surface area contributed by atoms with Gasteiger partial charge in [-0.2, -0.15) is 0 Å². The average molecular weight is 608 g/mol. The van der Waals surface area contributed by atoms with Gasteiger partial charge in [0.15, 0.2) is 0 Å². The number of amides is 3. The molecule has 0 aliphatic heterocycles. The molecule has 0 aliphatic rings. The fourth-order valence-electron chi connectivity index (χ4n) is 5.96. The third-order valence-corrected chi connectivity index (χ3v) is 8.28. The lowest BCUT2D eigenvalue weighted by Crippen LogP contribution is -2.47. The zero-order chi connectivity index (χ0) is 31.8. The standard InChI is InChI=1S/C36H41N5O4/c1-23-28(29-21-25(45-2)17-18-31(29)39-23)22-34(43)40-32(15-7-4-8-16-33(37)42)36(44)38-20-19-27-26-13-9-10-14-30(26)41-35(27)24-11-5-3-6-12-24/h3,5-6,9-14,17-18,21,32,39,41H,4,7-8,15-16,19-20,22H2,1-2H3,(H2,37,42)(H,38,44)(H,40,43)/t32-/m0/s1. The number of H-pyrrole nitrogens is 2. The van der Waals surface area contributed by atoms with E-state index in [0.717, 1.165) is 56.3 Å². The zero-order valence-corrected chi connectivity index (χ0v) is 25.9. The number of hydrogen-bond acceptors (Lipinski definition) is 4. The highest BCUT2D eigenvalue weighted by Crippen LogP contribution is 2.31. The van der Waals surface area contributed by atoms with Crippen LogP contribution in [0.2, 0.25) is 0 Å². The Kier molecular flexibility index (Phi) is 10.2. The van der Waals surface area contributed by atoms with Crippen molar-refractivity contribution in [2.45, 2.75) is 57.9 Å². The molecule has 0 bridgehead atoms. The van der Waals surface area contributed by atoms with E-state index in [9.17, 15) is 14.4 Å². The van der Waals surface area contributed by atoms with Crippen molar-refractivity contribution in [3.05, 3.63) is 89.6 Å². The van der Waals surface area contributed by atoms with Gasteiger partial charge in [0, 0.05) is 46.2 Å². The molecule has 0 radical (unpaired) electrons. The lowest BCUT2D eigenvalue weighted by Gasteiger charge is -2.19. The lowest BCUT2D eigenvalue weighted by molar-refractivity contribution is -0.128. The smallest absolute Gasteiger partial charge is 0.242 e. The van der Waals surface area contributed by atoms with Crippen LogP contribution in [0.25, 0.3) is 33.1 Å². The van der Waals surface area contributed by atoms with Crippen LogP contribution in [-0.2, 0) is 27.2 Å². The molecule has 6 N–H and O–H groups in total. The molecule has 5 rings (SSSR count). The van der Waals surface area contributed by atoms with Crippen molar-refractivity contribution in [3.63, 3.8) is 0 Å². The minimum absolute atomic E-state index is 0.125. The van der Waals surface area contributed by atoms with Crippen LogP contribution in [0.1, 0.15) is 48.9 Å². The largest absolute Gasteiger partial charge is 0.497 e. The third kappa shape index (κ3) is 7.73. The number of nitrogens with two attached hydrogens (primary N) is 1. The number of fused-ring (bicyclic) bond motifs is 2. The Bertz CT molecular complexity index is 1790. The summed E-state index contributed by atoms with van der Waals surface area (Å²) >= 11 is 0. The summed E-state index contributed by atoms with van der Waals surface area (Å²) in [5, 5.41) is 8.11. The van der Waals surface area contributed by atoms with Crippen molar-refractivity contribution < 1.29 is 19.1 Å². The number of hydrogen-bond donors (Lipinski definition) is 5. The second kappa shape index (κ2) is 14.6. The maximum absolute atomic E-state index is 13.5. The first kappa shape index (κ1) is 31.4. The predicted molar refractivity (Wildman–Crippen MR) is 178 cm³/mol. The fraction of sp³-hybridized carbons (Fsp3) is 0.306. The van der Waals surface area contributed by atoms with Crippen LogP contribution < -0.4 is 21.1 Å².